The van der Waals surface area contributed by atoms with E-state index in [1.54, 1.807) is 11.4 Å². The molecule has 92 valence electrons. The lowest BCUT2D eigenvalue weighted by molar-refractivity contribution is 0.571. The quantitative estimate of drug-likeness (QED) is 0.738. The monoisotopic (exact) mass is 262 g/mol. The van der Waals surface area contributed by atoms with Crippen molar-refractivity contribution in [2.45, 2.75) is 26.3 Å². The summed E-state index contributed by atoms with van der Waals surface area (Å²) in [7, 11) is -3.19. The highest BCUT2D eigenvalue weighted by atomic mass is 32.2. The van der Waals surface area contributed by atoms with Gasteiger partial charge in [0.2, 0.25) is 10.0 Å². The number of sulfonamides is 1. The molecule has 6 heteroatoms. The molecular formula is C10H18N2O2S2. The Balaban J connectivity index is 2.30. The van der Waals surface area contributed by atoms with Crippen molar-refractivity contribution in [1.82, 2.24) is 5.32 Å². The van der Waals surface area contributed by atoms with Crippen LogP contribution in [0.4, 0.5) is 5.69 Å². The minimum absolute atomic E-state index is 0.155. The van der Waals surface area contributed by atoms with Gasteiger partial charge in [-0.05, 0) is 24.4 Å². The van der Waals surface area contributed by atoms with E-state index in [1.165, 1.54) is 11.3 Å². The van der Waals surface area contributed by atoms with Crippen LogP contribution < -0.4 is 10.0 Å². The molecule has 0 radical (unpaired) electrons. The minimum Gasteiger partial charge on any atom is -0.314 e. The zero-order chi connectivity index (χ0) is 12.0. The van der Waals surface area contributed by atoms with E-state index in [9.17, 15) is 8.42 Å². The molecule has 0 aliphatic carbocycles. The van der Waals surface area contributed by atoms with E-state index < -0.39 is 10.0 Å². The Hall–Kier alpha value is -0.590. The topological polar surface area (TPSA) is 58.2 Å². The average Bonchev–Trinajstić information content (AvgIpc) is 2.64. The molecule has 0 fully saturated rings. The van der Waals surface area contributed by atoms with E-state index in [1.807, 2.05) is 19.2 Å². The van der Waals surface area contributed by atoms with Crippen LogP contribution in [-0.4, -0.2) is 26.8 Å². The molecule has 0 amide bonds. The van der Waals surface area contributed by atoms with Crippen LogP contribution in [0.3, 0.4) is 0 Å². The molecule has 0 bridgehead atoms. The van der Waals surface area contributed by atoms with Crippen LogP contribution in [0, 0.1) is 0 Å². The molecule has 0 spiro atoms. The highest BCUT2D eigenvalue weighted by Crippen LogP contribution is 2.13. The van der Waals surface area contributed by atoms with Gasteiger partial charge in [0.05, 0.1) is 11.4 Å². The van der Waals surface area contributed by atoms with Crippen LogP contribution >= 0.6 is 11.3 Å². The van der Waals surface area contributed by atoms with Gasteiger partial charge in [0, 0.05) is 11.4 Å². The Morgan fingerprint density at radius 3 is 2.75 bits per heavy atom. The zero-order valence-electron chi connectivity index (χ0n) is 9.56. The molecule has 0 aliphatic heterocycles. The molecule has 4 nitrogen and oxygen atoms in total. The van der Waals surface area contributed by atoms with Crippen molar-refractivity contribution >= 4 is 27.0 Å². The van der Waals surface area contributed by atoms with Gasteiger partial charge in [-0.1, -0.05) is 13.8 Å². The van der Waals surface area contributed by atoms with Crippen molar-refractivity contribution in [3.63, 3.8) is 0 Å². The van der Waals surface area contributed by atoms with E-state index in [4.69, 9.17) is 0 Å². The molecule has 0 aromatic carbocycles. The Morgan fingerprint density at radius 2 is 2.19 bits per heavy atom. The third-order valence-electron chi connectivity index (χ3n) is 1.94. The standard InChI is InChI=1S/C10H18N2O2S2/c1-9(2)11-5-3-7-16(13,14)12-10-4-6-15-8-10/h4,6,8-9,11-12H,3,5,7H2,1-2H3. The summed E-state index contributed by atoms with van der Waals surface area (Å²) in [6.45, 7) is 4.80. The Bertz CT molecular complexity index is 385. The van der Waals surface area contributed by atoms with Gasteiger partial charge in [0.25, 0.3) is 0 Å². The van der Waals surface area contributed by atoms with Gasteiger partial charge in [-0.3, -0.25) is 4.72 Å². The van der Waals surface area contributed by atoms with Gasteiger partial charge in [0.1, 0.15) is 0 Å². The van der Waals surface area contributed by atoms with Crippen LogP contribution in [0.5, 0.6) is 0 Å². The maximum Gasteiger partial charge on any atom is 0.232 e. The Kier molecular flexibility index (Phi) is 5.24. The van der Waals surface area contributed by atoms with E-state index in [0.717, 1.165) is 6.54 Å². The third-order valence-corrected chi connectivity index (χ3v) is 3.99. The predicted molar refractivity (Wildman–Crippen MR) is 69.5 cm³/mol. The Morgan fingerprint density at radius 1 is 1.44 bits per heavy atom. The fraction of sp³-hybridized carbons (Fsp3) is 0.600. The summed E-state index contributed by atoms with van der Waals surface area (Å²) in [6.07, 6.45) is 0.623. The average molecular weight is 262 g/mol. The van der Waals surface area contributed by atoms with Crippen molar-refractivity contribution in [3.05, 3.63) is 16.8 Å². The highest BCUT2D eigenvalue weighted by Gasteiger charge is 2.09. The number of hydrogen-bond acceptors (Lipinski definition) is 4. The molecule has 1 aromatic heterocycles. The number of nitrogens with one attached hydrogen (secondary N) is 2. The van der Waals surface area contributed by atoms with Crippen molar-refractivity contribution in [2.24, 2.45) is 0 Å². The molecule has 0 saturated heterocycles. The predicted octanol–water partition coefficient (Wildman–Crippen LogP) is 1.88. The maximum absolute atomic E-state index is 11.6. The number of anilines is 1. The number of rotatable bonds is 7. The van der Waals surface area contributed by atoms with Crippen molar-refractivity contribution < 1.29 is 8.42 Å². The smallest absolute Gasteiger partial charge is 0.232 e. The second-order valence-corrected chi connectivity index (χ2v) is 6.52. The lowest BCUT2D eigenvalue weighted by atomic mass is 10.4. The lowest BCUT2D eigenvalue weighted by Gasteiger charge is -2.08. The van der Waals surface area contributed by atoms with E-state index in [-0.39, 0.29) is 5.75 Å². The maximum atomic E-state index is 11.6. The van der Waals surface area contributed by atoms with Crippen molar-refractivity contribution in [1.29, 1.82) is 0 Å². The highest BCUT2D eigenvalue weighted by molar-refractivity contribution is 7.92. The largest absolute Gasteiger partial charge is 0.314 e. The molecule has 1 heterocycles. The first-order valence-electron chi connectivity index (χ1n) is 5.26. The molecule has 1 aromatic rings. The van der Waals surface area contributed by atoms with Gasteiger partial charge >= 0.3 is 0 Å². The van der Waals surface area contributed by atoms with Gasteiger partial charge in [-0.25, -0.2) is 8.42 Å². The number of hydrogen-bond donors (Lipinski definition) is 2. The van der Waals surface area contributed by atoms with E-state index >= 15 is 0 Å². The van der Waals surface area contributed by atoms with Gasteiger partial charge in [0.15, 0.2) is 0 Å². The third kappa shape index (κ3) is 5.48. The molecule has 2 N–H and O–H groups in total. The Labute approximate surface area is 101 Å². The molecular weight excluding hydrogens is 244 g/mol. The summed E-state index contributed by atoms with van der Waals surface area (Å²) >= 11 is 1.47. The number of thiophene rings is 1. The summed E-state index contributed by atoms with van der Waals surface area (Å²) in [4.78, 5) is 0. The first-order chi connectivity index (χ1) is 7.49. The van der Waals surface area contributed by atoms with Gasteiger partial charge in [-0.15, -0.1) is 0 Å². The van der Waals surface area contributed by atoms with Crippen LogP contribution in [-0.2, 0) is 10.0 Å². The molecule has 0 unspecified atom stereocenters. The molecule has 1 rings (SSSR count). The summed E-state index contributed by atoms with van der Waals surface area (Å²) in [5, 5.41) is 6.81. The fourth-order valence-corrected chi connectivity index (χ4v) is 2.98. The van der Waals surface area contributed by atoms with Gasteiger partial charge < -0.3 is 5.32 Å². The van der Waals surface area contributed by atoms with E-state index in [0.29, 0.717) is 18.2 Å². The second-order valence-electron chi connectivity index (χ2n) is 3.90. The van der Waals surface area contributed by atoms with E-state index in [2.05, 4.69) is 10.0 Å². The molecule has 0 atom stereocenters. The molecule has 0 aliphatic rings. The SMILES string of the molecule is CC(C)NCCCS(=O)(=O)Nc1ccsc1. The zero-order valence-corrected chi connectivity index (χ0v) is 11.2. The van der Waals surface area contributed by atoms with Crippen molar-refractivity contribution in [2.75, 3.05) is 17.0 Å². The molecule has 0 saturated carbocycles. The van der Waals surface area contributed by atoms with Crippen LogP contribution in [0.15, 0.2) is 16.8 Å². The second kappa shape index (κ2) is 6.22. The van der Waals surface area contributed by atoms with Crippen LogP contribution in [0.2, 0.25) is 0 Å². The van der Waals surface area contributed by atoms with Crippen LogP contribution in [0.1, 0.15) is 20.3 Å². The normalized spacial score (nSPS) is 11.9. The summed E-state index contributed by atoms with van der Waals surface area (Å²) in [5.41, 5.74) is 0.654. The summed E-state index contributed by atoms with van der Waals surface area (Å²) in [5.74, 6) is 0.155. The van der Waals surface area contributed by atoms with Gasteiger partial charge in [-0.2, -0.15) is 11.3 Å². The molecule has 16 heavy (non-hydrogen) atoms. The minimum atomic E-state index is -3.19. The first-order valence-corrected chi connectivity index (χ1v) is 7.85. The van der Waals surface area contributed by atoms with Crippen molar-refractivity contribution in [3.8, 4) is 0 Å². The summed E-state index contributed by atoms with van der Waals surface area (Å²) < 4.78 is 25.8. The van der Waals surface area contributed by atoms with Crippen LogP contribution in [0.25, 0.3) is 0 Å². The fourth-order valence-electron chi connectivity index (χ4n) is 1.21. The lowest BCUT2D eigenvalue weighted by Crippen LogP contribution is -2.26. The first kappa shape index (κ1) is 13.5. The summed E-state index contributed by atoms with van der Waals surface area (Å²) in [6, 6.07) is 2.15.